The average Bonchev–Trinajstić information content (AvgIpc) is 3.06. The fraction of sp³-hybridized carbons (Fsp3) is 0.552. The molecule has 4 rings (SSSR count). The van der Waals surface area contributed by atoms with Crippen LogP contribution in [-0.4, -0.2) is 0 Å². The first kappa shape index (κ1) is 22.8. The van der Waals surface area contributed by atoms with E-state index >= 15 is 4.39 Å². The lowest BCUT2D eigenvalue weighted by atomic mass is 9.71. The number of hydrogen-bond donors (Lipinski definition) is 0. The number of fused-ring (bicyclic) bond motifs is 1. The number of nitrogens with zero attached hydrogens (tertiary/aromatic N) is 1. The van der Waals surface area contributed by atoms with E-state index in [1.165, 1.54) is 62.5 Å². The van der Waals surface area contributed by atoms with Crippen LogP contribution in [0.1, 0.15) is 93.1 Å². The highest BCUT2D eigenvalue weighted by Crippen LogP contribution is 2.47. The lowest BCUT2D eigenvalue weighted by Gasteiger charge is -2.39. The molecule has 0 amide bonds. The Bertz CT molecular complexity index is 962. The first-order valence-electron chi connectivity index (χ1n) is 12.6. The summed E-state index contributed by atoms with van der Waals surface area (Å²) in [7, 11) is 0. The van der Waals surface area contributed by atoms with Gasteiger partial charge in [0.25, 0.3) is 0 Å². The lowest BCUT2D eigenvalue weighted by molar-refractivity contribution is 0.0635. The maximum atomic E-state index is 15.1. The van der Waals surface area contributed by atoms with Gasteiger partial charge < -0.3 is 4.74 Å². The molecule has 0 heterocycles. The predicted molar refractivity (Wildman–Crippen MR) is 127 cm³/mol. The summed E-state index contributed by atoms with van der Waals surface area (Å²) >= 11 is 0. The zero-order valence-corrected chi connectivity index (χ0v) is 19.6. The van der Waals surface area contributed by atoms with Gasteiger partial charge in [-0.3, -0.25) is 0 Å². The molecule has 0 radical (unpaired) electrons. The Hall–Kier alpha value is -2.34. The Morgan fingerprint density at radius 1 is 1.09 bits per heavy atom. The Morgan fingerprint density at radius 2 is 1.91 bits per heavy atom. The van der Waals surface area contributed by atoms with Gasteiger partial charge in [-0.05, 0) is 61.3 Å². The van der Waals surface area contributed by atoms with E-state index in [0.717, 1.165) is 18.8 Å². The molecule has 2 aromatic rings. The quantitative estimate of drug-likeness (QED) is 0.431. The Labute approximate surface area is 192 Å². The van der Waals surface area contributed by atoms with Gasteiger partial charge >= 0.3 is 0 Å². The number of benzene rings is 2. The molecular formula is C29H36FNO. The third-order valence-electron chi connectivity index (χ3n) is 7.87. The molecule has 4 atom stereocenters. The Kier molecular flexibility index (Phi) is 7.51. The minimum atomic E-state index is -0.396. The van der Waals surface area contributed by atoms with E-state index in [2.05, 4.69) is 37.3 Å². The standard InChI is InChI=1S/C29H36FNO/c1-3-4-9-21-10-5-6-12-23(18-21)26-16-14-22-11-7-8-13-25(22)29(26)32-27-17-15-24(19-31)20(2)28(27)30/h7-8,11,13,15,17,21,23,26,29H,3-6,9-10,12,14,16,18H2,1-2H3. The molecule has 0 aliphatic heterocycles. The molecule has 2 aliphatic rings. The van der Waals surface area contributed by atoms with Crippen molar-refractivity contribution in [3.05, 3.63) is 64.5 Å². The molecule has 0 saturated heterocycles. The van der Waals surface area contributed by atoms with Crippen LogP contribution in [0.4, 0.5) is 4.39 Å². The minimum Gasteiger partial charge on any atom is -0.482 e. The molecule has 32 heavy (non-hydrogen) atoms. The van der Waals surface area contributed by atoms with E-state index in [1.54, 1.807) is 19.1 Å². The van der Waals surface area contributed by atoms with Gasteiger partial charge in [0.05, 0.1) is 11.6 Å². The van der Waals surface area contributed by atoms with Crippen LogP contribution in [0.5, 0.6) is 5.75 Å². The number of rotatable bonds is 6. The number of ether oxygens (including phenoxy) is 1. The van der Waals surface area contributed by atoms with Crippen molar-refractivity contribution >= 4 is 0 Å². The normalized spacial score (nSPS) is 25.4. The van der Waals surface area contributed by atoms with Crippen molar-refractivity contribution in [3.8, 4) is 11.8 Å². The number of hydrogen-bond acceptors (Lipinski definition) is 2. The molecule has 2 aliphatic carbocycles. The van der Waals surface area contributed by atoms with Gasteiger partial charge in [-0.15, -0.1) is 0 Å². The third-order valence-corrected chi connectivity index (χ3v) is 7.87. The van der Waals surface area contributed by atoms with E-state index in [1.807, 2.05) is 0 Å². The van der Waals surface area contributed by atoms with E-state index in [-0.39, 0.29) is 11.9 Å². The second-order valence-electron chi connectivity index (χ2n) is 9.89. The number of halogens is 1. The second-order valence-corrected chi connectivity index (χ2v) is 9.89. The SMILES string of the molecule is CCCCC1CCCCC(C2CCc3ccccc3C2Oc2ccc(C#N)c(C)c2F)C1. The molecule has 2 aromatic carbocycles. The van der Waals surface area contributed by atoms with Crippen molar-refractivity contribution in [2.24, 2.45) is 17.8 Å². The largest absolute Gasteiger partial charge is 0.482 e. The van der Waals surface area contributed by atoms with Crippen molar-refractivity contribution in [2.45, 2.75) is 84.2 Å². The van der Waals surface area contributed by atoms with Gasteiger partial charge in [0.15, 0.2) is 11.6 Å². The smallest absolute Gasteiger partial charge is 0.169 e. The highest BCUT2D eigenvalue weighted by Gasteiger charge is 2.38. The summed E-state index contributed by atoms with van der Waals surface area (Å²) in [5.74, 6) is 1.73. The lowest BCUT2D eigenvalue weighted by Crippen LogP contribution is -2.32. The maximum Gasteiger partial charge on any atom is 0.169 e. The first-order valence-corrected chi connectivity index (χ1v) is 12.6. The molecule has 0 aromatic heterocycles. The second kappa shape index (κ2) is 10.5. The zero-order chi connectivity index (χ0) is 22.5. The van der Waals surface area contributed by atoms with Crippen molar-refractivity contribution in [3.63, 3.8) is 0 Å². The van der Waals surface area contributed by atoms with Crippen molar-refractivity contribution in [1.82, 2.24) is 0 Å². The first-order chi connectivity index (χ1) is 15.6. The van der Waals surface area contributed by atoms with E-state index < -0.39 is 5.82 Å². The molecule has 1 fully saturated rings. The Morgan fingerprint density at radius 3 is 2.72 bits per heavy atom. The van der Waals surface area contributed by atoms with Crippen LogP contribution in [0.25, 0.3) is 0 Å². The molecular weight excluding hydrogens is 397 g/mol. The van der Waals surface area contributed by atoms with E-state index in [9.17, 15) is 5.26 Å². The predicted octanol–water partition coefficient (Wildman–Crippen LogP) is 8.08. The summed E-state index contributed by atoms with van der Waals surface area (Å²) in [4.78, 5) is 0. The molecule has 4 unspecified atom stereocenters. The molecule has 0 bridgehead atoms. The van der Waals surface area contributed by atoms with Crippen molar-refractivity contribution in [1.29, 1.82) is 5.26 Å². The van der Waals surface area contributed by atoms with Crippen LogP contribution in [-0.2, 0) is 6.42 Å². The van der Waals surface area contributed by atoms with Gasteiger partial charge in [0.2, 0.25) is 0 Å². The van der Waals surface area contributed by atoms with Gasteiger partial charge in [-0.2, -0.15) is 5.26 Å². The van der Waals surface area contributed by atoms with Gasteiger partial charge in [0.1, 0.15) is 6.10 Å². The fourth-order valence-electron chi connectivity index (χ4n) is 6.03. The van der Waals surface area contributed by atoms with Crippen LogP contribution < -0.4 is 4.74 Å². The summed E-state index contributed by atoms with van der Waals surface area (Å²) in [6.45, 7) is 3.95. The van der Waals surface area contributed by atoms with Crippen LogP contribution in [0.2, 0.25) is 0 Å². The summed E-state index contributed by atoms with van der Waals surface area (Å²) in [6, 6.07) is 13.9. The topological polar surface area (TPSA) is 33.0 Å². The third kappa shape index (κ3) is 4.85. The highest BCUT2D eigenvalue weighted by molar-refractivity contribution is 5.44. The van der Waals surface area contributed by atoms with Gasteiger partial charge in [0, 0.05) is 11.5 Å². The molecule has 0 N–H and O–H groups in total. The minimum absolute atomic E-state index is 0.128. The molecule has 3 heteroatoms. The van der Waals surface area contributed by atoms with Gasteiger partial charge in [-0.25, -0.2) is 4.39 Å². The van der Waals surface area contributed by atoms with Gasteiger partial charge in [-0.1, -0.05) is 76.1 Å². The summed E-state index contributed by atoms with van der Waals surface area (Å²) in [5, 5.41) is 9.25. The Balaban J connectivity index is 1.65. The van der Waals surface area contributed by atoms with Crippen molar-refractivity contribution < 1.29 is 9.13 Å². The average molecular weight is 434 g/mol. The molecule has 170 valence electrons. The molecule has 0 spiro atoms. The summed E-state index contributed by atoms with van der Waals surface area (Å²) < 4.78 is 21.7. The fourth-order valence-corrected chi connectivity index (χ4v) is 6.03. The highest BCUT2D eigenvalue weighted by atomic mass is 19.1. The van der Waals surface area contributed by atoms with E-state index in [4.69, 9.17) is 4.74 Å². The van der Waals surface area contributed by atoms with Crippen LogP contribution in [0.3, 0.4) is 0 Å². The molecule has 2 nitrogen and oxygen atoms in total. The monoisotopic (exact) mass is 433 g/mol. The van der Waals surface area contributed by atoms with E-state index in [0.29, 0.717) is 23.0 Å². The van der Waals surface area contributed by atoms with Crippen molar-refractivity contribution in [2.75, 3.05) is 0 Å². The number of aryl methyl sites for hydroxylation is 1. The summed E-state index contributed by atoms with van der Waals surface area (Å²) in [6.07, 6.45) is 12.5. The van der Waals surface area contributed by atoms with Crippen LogP contribution in [0, 0.1) is 41.8 Å². The number of nitriles is 1. The molecule has 1 saturated carbocycles. The van der Waals surface area contributed by atoms with Crippen LogP contribution >= 0.6 is 0 Å². The maximum absolute atomic E-state index is 15.1. The zero-order valence-electron chi connectivity index (χ0n) is 19.6. The summed E-state index contributed by atoms with van der Waals surface area (Å²) in [5.41, 5.74) is 3.30. The number of unbranched alkanes of at least 4 members (excludes halogenated alkanes) is 1. The van der Waals surface area contributed by atoms with Crippen LogP contribution in [0.15, 0.2) is 36.4 Å².